The Morgan fingerprint density at radius 3 is 2.50 bits per heavy atom. The maximum atomic E-state index is 6.07. The van der Waals surface area contributed by atoms with Crippen molar-refractivity contribution in [2.45, 2.75) is 25.9 Å². The molecule has 90 valence electrons. The average Bonchev–Trinajstić information content (AvgIpc) is 2.25. The molecule has 0 fully saturated rings. The Hall–Kier alpha value is -0.280. The third kappa shape index (κ3) is 4.30. The number of rotatable bonds is 6. The van der Waals surface area contributed by atoms with E-state index in [0.717, 1.165) is 18.6 Å². The second-order valence-corrected chi connectivity index (χ2v) is 4.58. The number of methoxy groups -OCH3 is 1. The van der Waals surface area contributed by atoms with Crippen LogP contribution in [0.1, 0.15) is 18.9 Å². The van der Waals surface area contributed by atoms with Crippen molar-refractivity contribution >= 4 is 23.2 Å². The molecule has 1 atom stereocenters. The van der Waals surface area contributed by atoms with Gasteiger partial charge in [0.15, 0.2) is 0 Å². The molecule has 1 N–H and O–H groups in total. The van der Waals surface area contributed by atoms with E-state index in [4.69, 9.17) is 27.9 Å². The van der Waals surface area contributed by atoms with Crippen LogP contribution in [0.3, 0.4) is 0 Å². The summed E-state index contributed by atoms with van der Waals surface area (Å²) in [7, 11) is 1.71. The van der Waals surface area contributed by atoms with Crippen LogP contribution < -0.4 is 5.32 Å². The molecular weight excluding hydrogens is 245 g/mol. The third-order valence-corrected chi connectivity index (χ3v) is 3.15. The van der Waals surface area contributed by atoms with Gasteiger partial charge < -0.3 is 10.1 Å². The Morgan fingerprint density at radius 2 is 1.94 bits per heavy atom. The van der Waals surface area contributed by atoms with Gasteiger partial charge in [-0.15, -0.1) is 0 Å². The SMILES string of the molecule is COCCC(C)NCc1c(Cl)cccc1Cl. The van der Waals surface area contributed by atoms with Crippen LogP contribution >= 0.6 is 23.2 Å². The lowest BCUT2D eigenvalue weighted by Crippen LogP contribution is -2.26. The Kier molecular flexibility index (Phi) is 6.14. The summed E-state index contributed by atoms with van der Waals surface area (Å²) >= 11 is 12.1. The molecule has 1 aromatic carbocycles. The highest BCUT2D eigenvalue weighted by Crippen LogP contribution is 2.23. The Bertz CT molecular complexity index is 311. The molecule has 0 aliphatic heterocycles. The Balaban J connectivity index is 2.48. The molecule has 0 saturated heterocycles. The summed E-state index contributed by atoms with van der Waals surface area (Å²) in [6, 6.07) is 5.93. The van der Waals surface area contributed by atoms with E-state index >= 15 is 0 Å². The summed E-state index contributed by atoms with van der Waals surface area (Å²) in [4.78, 5) is 0. The van der Waals surface area contributed by atoms with Crippen molar-refractivity contribution in [2.24, 2.45) is 0 Å². The van der Waals surface area contributed by atoms with Gasteiger partial charge in [0.05, 0.1) is 0 Å². The lowest BCUT2D eigenvalue weighted by molar-refractivity contribution is 0.184. The van der Waals surface area contributed by atoms with E-state index in [0.29, 0.717) is 22.6 Å². The summed E-state index contributed by atoms with van der Waals surface area (Å²) in [5.41, 5.74) is 0.954. The van der Waals surface area contributed by atoms with Crippen molar-refractivity contribution in [3.63, 3.8) is 0 Å². The molecule has 0 amide bonds. The van der Waals surface area contributed by atoms with Crippen LogP contribution in [0, 0.1) is 0 Å². The summed E-state index contributed by atoms with van der Waals surface area (Å²) < 4.78 is 5.02. The highest BCUT2D eigenvalue weighted by Gasteiger charge is 2.07. The zero-order valence-corrected chi connectivity index (χ0v) is 11.1. The molecule has 1 aromatic rings. The van der Waals surface area contributed by atoms with Gasteiger partial charge in [-0.2, -0.15) is 0 Å². The monoisotopic (exact) mass is 261 g/mol. The van der Waals surface area contributed by atoms with Gasteiger partial charge in [-0.05, 0) is 25.5 Å². The number of benzene rings is 1. The molecule has 0 spiro atoms. The van der Waals surface area contributed by atoms with Crippen LogP contribution in [0.2, 0.25) is 10.0 Å². The number of halogens is 2. The first-order valence-corrected chi connectivity index (χ1v) is 6.06. The minimum atomic E-state index is 0.382. The molecule has 0 heterocycles. The Labute approximate surface area is 107 Å². The summed E-state index contributed by atoms with van der Waals surface area (Å²) in [6.07, 6.45) is 0.971. The first kappa shape index (κ1) is 13.8. The second kappa shape index (κ2) is 7.13. The van der Waals surface area contributed by atoms with Crippen LogP contribution in [0.4, 0.5) is 0 Å². The maximum Gasteiger partial charge on any atom is 0.0476 e. The molecule has 1 rings (SSSR count). The predicted molar refractivity (Wildman–Crippen MR) is 69.3 cm³/mol. The lowest BCUT2D eigenvalue weighted by Gasteiger charge is -2.14. The van der Waals surface area contributed by atoms with Crippen molar-refractivity contribution in [2.75, 3.05) is 13.7 Å². The van der Waals surface area contributed by atoms with E-state index in [1.165, 1.54) is 0 Å². The van der Waals surface area contributed by atoms with Gasteiger partial charge in [0.1, 0.15) is 0 Å². The summed E-state index contributed by atoms with van der Waals surface area (Å²) in [6.45, 7) is 3.55. The first-order valence-electron chi connectivity index (χ1n) is 5.30. The topological polar surface area (TPSA) is 21.3 Å². The minimum absolute atomic E-state index is 0.382. The molecule has 16 heavy (non-hydrogen) atoms. The van der Waals surface area contributed by atoms with E-state index in [1.807, 2.05) is 18.2 Å². The van der Waals surface area contributed by atoms with Crippen molar-refractivity contribution in [3.05, 3.63) is 33.8 Å². The molecule has 2 nitrogen and oxygen atoms in total. The third-order valence-electron chi connectivity index (χ3n) is 2.44. The van der Waals surface area contributed by atoms with E-state index in [1.54, 1.807) is 7.11 Å². The van der Waals surface area contributed by atoms with E-state index < -0.39 is 0 Å². The number of ether oxygens (including phenoxy) is 1. The largest absolute Gasteiger partial charge is 0.385 e. The van der Waals surface area contributed by atoms with Gasteiger partial charge in [-0.25, -0.2) is 0 Å². The van der Waals surface area contributed by atoms with Gasteiger partial charge in [0.25, 0.3) is 0 Å². The molecule has 0 bridgehead atoms. The number of nitrogens with one attached hydrogen (secondary N) is 1. The fourth-order valence-electron chi connectivity index (χ4n) is 1.37. The molecule has 1 unspecified atom stereocenters. The van der Waals surface area contributed by atoms with Gasteiger partial charge in [0.2, 0.25) is 0 Å². The molecule has 4 heteroatoms. The summed E-state index contributed by atoms with van der Waals surface area (Å²) in [5.74, 6) is 0. The molecule has 0 saturated carbocycles. The smallest absolute Gasteiger partial charge is 0.0476 e. The predicted octanol–water partition coefficient (Wildman–Crippen LogP) is 3.51. The quantitative estimate of drug-likeness (QED) is 0.847. The van der Waals surface area contributed by atoms with Crippen LogP contribution in [-0.2, 0) is 11.3 Å². The van der Waals surface area contributed by atoms with Crippen molar-refractivity contribution in [1.29, 1.82) is 0 Å². The van der Waals surface area contributed by atoms with E-state index in [2.05, 4.69) is 12.2 Å². The molecule has 0 aliphatic rings. The molecular formula is C12H17Cl2NO. The lowest BCUT2D eigenvalue weighted by atomic mass is 10.2. The van der Waals surface area contributed by atoms with E-state index in [9.17, 15) is 0 Å². The second-order valence-electron chi connectivity index (χ2n) is 3.76. The highest BCUT2D eigenvalue weighted by atomic mass is 35.5. The molecule has 0 aliphatic carbocycles. The average molecular weight is 262 g/mol. The Morgan fingerprint density at radius 1 is 1.31 bits per heavy atom. The van der Waals surface area contributed by atoms with Crippen molar-refractivity contribution in [1.82, 2.24) is 5.32 Å². The van der Waals surface area contributed by atoms with Gasteiger partial charge in [-0.1, -0.05) is 29.3 Å². The molecule has 0 aromatic heterocycles. The van der Waals surface area contributed by atoms with Crippen LogP contribution in [0.5, 0.6) is 0 Å². The van der Waals surface area contributed by atoms with Gasteiger partial charge in [0, 0.05) is 41.9 Å². The first-order chi connectivity index (χ1) is 7.65. The zero-order valence-electron chi connectivity index (χ0n) is 9.59. The van der Waals surface area contributed by atoms with Crippen molar-refractivity contribution in [3.8, 4) is 0 Å². The van der Waals surface area contributed by atoms with Crippen LogP contribution in [0.15, 0.2) is 18.2 Å². The van der Waals surface area contributed by atoms with Crippen molar-refractivity contribution < 1.29 is 4.74 Å². The standard InChI is InChI=1S/C12H17Cl2NO/c1-9(6-7-16-2)15-8-10-11(13)4-3-5-12(10)14/h3-5,9,15H,6-8H2,1-2H3. The minimum Gasteiger partial charge on any atom is -0.385 e. The number of hydrogen-bond donors (Lipinski definition) is 1. The normalized spacial score (nSPS) is 12.8. The zero-order chi connectivity index (χ0) is 12.0. The van der Waals surface area contributed by atoms with Gasteiger partial charge in [-0.3, -0.25) is 0 Å². The fourth-order valence-corrected chi connectivity index (χ4v) is 1.91. The number of hydrogen-bond acceptors (Lipinski definition) is 2. The highest BCUT2D eigenvalue weighted by molar-refractivity contribution is 6.35. The molecule has 0 radical (unpaired) electrons. The fraction of sp³-hybridized carbons (Fsp3) is 0.500. The van der Waals surface area contributed by atoms with Crippen LogP contribution in [-0.4, -0.2) is 19.8 Å². The van der Waals surface area contributed by atoms with Gasteiger partial charge >= 0.3 is 0 Å². The van der Waals surface area contributed by atoms with Crippen LogP contribution in [0.25, 0.3) is 0 Å². The summed E-state index contributed by atoms with van der Waals surface area (Å²) in [5, 5.41) is 4.78. The van der Waals surface area contributed by atoms with E-state index in [-0.39, 0.29) is 0 Å². The maximum absolute atomic E-state index is 6.07.